The van der Waals surface area contributed by atoms with Crippen molar-refractivity contribution < 1.29 is 33.4 Å². The molecular weight excluding hydrogens is 773 g/mol. The molecule has 2 heterocycles. The van der Waals surface area contributed by atoms with Gasteiger partial charge in [-0.3, -0.25) is 14.4 Å². The molecule has 0 saturated heterocycles. The molecule has 3 N–H and O–H groups in total. The van der Waals surface area contributed by atoms with Gasteiger partial charge >= 0.3 is 12.1 Å². The van der Waals surface area contributed by atoms with Gasteiger partial charge in [0.05, 0.1) is 18.7 Å². The normalized spacial score (nSPS) is 13.1. The van der Waals surface area contributed by atoms with Crippen LogP contribution in [-0.2, 0) is 32.0 Å². The molecule has 6 rings (SSSR count). The molecule has 0 saturated carbocycles. The second-order valence-corrected chi connectivity index (χ2v) is 16.5. The first kappa shape index (κ1) is 41.5. The molecule has 13 heteroatoms. The first-order valence-electron chi connectivity index (χ1n) is 18.7. The van der Waals surface area contributed by atoms with Crippen LogP contribution >= 0.6 is 23.1 Å². The quantitative estimate of drug-likeness (QED) is 0.0643. The zero-order valence-corrected chi connectivity index (χ0v) is 34.2. The number of fused-ring (bicyclic) bond motifs is 1. The van der Waals surface area contributed by atoms with E-state index in [4.69, 9.17) is 9.47 Å². The maximum absolute atomic E-state index is 14.4. The molecule has 58 heavy (non-hydrogen) atoms. The van der Waals surface area contributed by atoms with Gasteiger partial charge in [0, 0.05) is 27.6 Å². The minimum Gasteiger partial charge on any atom is -0.462 e. The molecular formula is C45H44N4O7S2. The van der Waals surface area contributed by atoms with Crippen molar-refractivity contribution in [3.63, 3.8) is 0 Å². The summed E-state index contributed by atoms with van der Waals surface area (Å²) in [5.74, 6) is -1.90. The smallest absolute Gasteiger partial charge is 0.410 e. The van der Waals surface area contributed by atoms with Gasteiger partial charge in [0.2, 0.25) is 5.91 Å². The van der Waals surface area contributed by atoms with E-state index in [1.807, 2.05) is 66.7 Å². The van der Waals surface area contributed by atoms with Crippen molar-refractivity contribution in [2.75, 3.05) is 23.8 Å². The standard InChI is InChI=1S/C45H44N4O7S2/c1-5-55-43(53)37-34-24-25-49(44(54)56-45(2,3)4)28-36(34)58-42(37)48-41(52)38(30-18-11-7-12-19-30)57-33-23-15-22-32(27-33)46-40(51)35(26-29-16-9-6-10-17-29)47-39(50)31-20-13-8-14-21-31/h6-23,26-27,38H,5,24-25,28H2,1-4H3,(H,46,51)(H,47,50)(H,48,52)/b35-26-. The van der Waals surface area contributed by atoms with E-state index in [0.29, 0.717) is 45.2 Å². The number of esters is 1. The lowest BCUT2D eigenvalue weighted by atomic mass is 10.0. The summed E-state index contributed by atoms with van der Waals surface area (Å²) in [6, 6.07) is 34.1. The van der Waals surface area contributed by atoms with Crippen LogP contribution in [0, 0.1) is 0 Å². The zero-order valence-electron chi connectivity index (χ0n) is 32.6. The Balaban J connectivity index is 1.24. The Hall–Kier alpha value is -6.18. The topological polar surface area (TPSA) is 143 Å². The van der Waals surface area contributed by atoms with E-state index in [9.17, 15) is 24.0 Å². The number of nitrogens with zero attached hydrogens (tertiary/aromatic N) is 1. The van der Waals surface area contributed by atoms with Crippen molar-refractivity contribution in [1.82, 2.24) is 10.2 Å². The summed E-state index contributed by atoms with van der Waals surface area (Å²) in [5.41, 5.74) is 2.69. The zero-order chi connectivity index (χ0) is 41.2. The molecule has 1 unspecified atom stereocenters. The molecule has 4 amide bonds. The predicted octanol–water partition coefficient (Wildman–Crippen LogP) is 9.10. The average molecular weight is 817 g/mol. The van der Waals surface area contributed by atoms with E-state index in [1.165, 1.54) is 23.1 Å². The van der Waals surface area contributed by atoms with Crippen LogP contribution in [0.5, 0.6) is 0 Å². The molecule has 1 atom stereocenters. The van der Waals surface area contributed by atoms with Gasteiger partial charge in [0.25, 0.3) is 11.8 Å². The number of thiophene rings is 1. The number of hydrogen-bond acceptors (Lipinski definition) is 9. The Kier molecular flexibility index (Phi) is 13.5. The summed E-state index contributed by atoms with van der Waals surface area (Å²) < 4.78 is 11.0. The number of nitrogens with one attached hydrogen (secondary N) is 3. The molecule has 298 valence electrons. The molecule has 0 radical (unpaired) electrons. The summed E-state index contributed by atoms with van der Waals surface area (Å²) in [6.07, 6.45) is 1.55. The fourth-order valence-corrected chi connectivity index (χ4v) is 8.45. The number of rotatable bonds is 12. The summed E-state index contributed by atoms with van der Waals surface area (Å²) in [4.78, 5) is 70.6. The molecule has 0 bridgehead atoms. The van der Waals surface area contributed by atoms with Crippen molar-refractivity contribution in [1.29, 1.82) is 0 Å². The molecule has 5 aromatic rings. The van der Waals surface area contributed by atoms with Crippen LogP contribution in [0.15, 0.2) is 126 Å². The van der Waals surface area contributed by atoms with E-state index in [2.05, 4.69) is 16.0 Å². The van der Waals surface area contributed by atoms with Gasteiger partial charge in [-0.25, -0.2) is 9.59 Å². The number of anilines is 2. The third-order valence-electron chi connectivity index (χ3n) is 8.75. The lowest BCUT2D eigenvalue weighted by Crippen LogP contribution is -2.39. The SMILES string of the molecule is CCOC(=O)c1c(NC(=O)C(Sc2cccc(NC(=O)/C(=C/c3ccccc3)NC(=O)c3ccccc3)c2)c2ccccc2)sc2c1CCN(C(=O)OC(C)(C)C)C2. The van der Waals surface area contributed by atoms with E-state index in [0.717, 1.165) is 16.0 Å². The first-order chi connectivity index (χ1) is 27.9. The fourth-order valence-electron chi connectivity index (χ4n) is 6.11. The van der Waals surface area contributed by atoms with Crippen molar-refractivity contribution in [3.05, 3.63) is 154 Å². The fraction of sp³-hybridized carbons (Fsp3) is 0.222. The van der Waals surface area contributed by atoms with Gasteiger partial charge in [-0.2, -0.15) is 0 Å². The van der Waals surface area contributed by atoms with Crippen molar-refractivity contribution in [3.8, 4) is 0 Å². The summed E-state index contributed by atoms with van der Waals surface area (Å²) >= 11 is 2.51. The van der Waals surface area contributed by atoms with Crippen molar-refractivity contribution in [2.24, 2.45) is 0 Å². The maximum atomic E-state index is 14.4. The third-order valence-corrected chi connectivity index (χ3v) is 11.1. The van der Waals surface area contributed by atoms with Crippen molar-refractivity contribution in [2.45, 2.75) is 56.4 Å². The summed E-state index contributed by atoms with van der Waals surface area (Å²) in [5, 5.41) is 8.26. The number of benzene rings is 4. The Morgan fingerprint density at radius 2 is 1.53 bits per heavy atom. The third kappa shape index (κ3) is 10.8. The Labute approximate surface area is 345 Å². The van der Waals surface area contributed by atoms with Gasteiger partial charge in [0.15, 0.2) is 0 Å². The molecule has 0 aliphatic carbocycles. The average Bonchev–Trinajstić information content (AvgIpc) is 3.57. The van der Waals surface area contributed by atoms with Crippen molar-refractivity contribution >= 4 is 69.6 Å². The summed E-state index contributed by atoms with van der Waals surface area (Å²) in [6.45, 7) is 7.86. The number of carbonyl (C=O) groups is 5. The lowest BCUT2D eigenvalue weighted by molar-refractivity contribution is -0.116. The Morgan fingerprint density at radius 3 is 2.21 bits per heavy atom. The van der Waals surface area contributed by atoms with Gasteiger partial charge in [-0.15, -0.1) is 23.1 Å². The van der Waals surface area contributed by atoms with Crippen LogP contribution in [0.3, 0.4) is 0 Å². The second kappa shape index (κ2) is 18.8. The van der Waals surface area contributed by atoms with E-state index in [1.54, 1.807) is 87.2 Å². The van der Waals surface area contributed by atoms with Crippen LogP contribution in [-0.4, -0.2) is 53.4 Å². The number of thioether (sulfide) groups is 1. The number of hydrogen-bond donors (Lipinski definition) is 3. The van der Waals surface area contributed by atoms with Crippen LogP contribution in [0.25, 0.3) is 6.08 Å². The molecule has 11 nitrogen and oxygen atoms in total. The van der Waals surface area contributed by atoms with E-state index >= 15 is 0 Å². The van der Waals surface area contributed by atoms with Crippen LogP contribution in [0.2, 0.25) is 0 Å². The second-order valence-electron chi connectivity index (χ2n) is 14.2. The highest BCUT2D eigenvalue weighted by Gasteiger charge is 2.34. The highest BCUT2D eigenvalue weighted by Crippen LogP contribution is 2.41. The maximum Gasteiger partial charge on any atom is 0.410 e. The number of carbonyl (C=O) groups excluding carboxylic acids is 5. The van der Waals surface area contributed by atoms with Gasteiger partial charge in [-0.1, -0.05) is 84.9 Å². The van der Waals surface area contributed by atoms with Crippen LogP contribution in [0.1, 0.15) is 75.2 Å². The minimum absolute atomic E-state index is 0.0462. The van der Waals surface area contributed by atoms with Crippen LogP contribution in [0.4, 0.5) is 15.5 Å². The number of amides is 4. The monoisotopic (exact) mass is 816 g/mol. The predicted molar refractivity (Wildman–Crippen MR) is 228 cm³/mol. The van der Waals surface area contributed by atoms with E-state index in [-0.39, 0.29) is 24.8 Å². The van der Waals surface area contributed by atoms with Crippen LogP contribution < -0.4 is 16.0 Å². The van der Waals surface area contributed by atoms with Gasteiger partial charge in [0.1, 0.15) is 21.5 Å². The number of ether oxygens (including phenoxy) is 2. The molecule has 0 spiro atoms. The molecule has 1 aliphatic rings. The Bertz CT molecular complexity index is 2310. The first-order valence-corrected chi connectivity index (χ1v) is 20.4. The molecule has 1 aromatic heterocycles. The lowest BCUT2D eigenvalue weighted by Gasteiger charge is -2.30. The van der Waals surface area contributed by atoms with Gasteiger partial charge < -0.3 is 30.3 Å². The summed E-state index contributed by atoms with van der Waals surface area (Å²) in [7, 11) is 0. The molecule has 0 fully saturated rings. The Morgan fingerprint density at radius 1 is 0.862 bits per heavy atom. The largest absolute Gasteiger partial charge is 0.462 e. The van der Waals surface area contributed by atoms with Gasteiger partial charge in [-0.05, 0) is 87.2 Å². The minimum atomic E-state index is -0.779. The highest BCUT2D eigenvalue weighted by atomic mass is 32.2. The molecule has 1 aliphatic heterocycles. The van der Waals surface area contributed by atoms with E-state index < -0.39 is 34.7 Å². The highest BCUT2D eigenvalue weighted by molar-refractivity contribution is 8.00. The molecule has 4 aromatic carbocycles.